The Kier molecular flexibility index (Phi) is 6.89. The summed E-state index contributed by atoms with van der Waals surface area (Å²) in [5, 5.41) is 2.92. The topological polar surface area (TPSA) is 47.6 Å². The molecule has 0 radical (unpaired) electrons. The lowest BCUT2D eigenvalue weighted by atomic mass is 9.87. The first-order chi connectivity index (χ1) is 12.7. The lowest BCUT2D eigenvalue weighted by molar-refractivity contribution is -0.122. The Balaban J connectivity index is 2.03. The second-order valence-corrected chi connectivity index (χ2v) is 7.97. The Hall–Kier alpha value is -2.49. The van der Waals surface area contributed by atoms with E-state index in [9.17, 15) is 4.79 Å². The van der Waals surface area contributed by atoms with Gasteiger partial charge in [-0.25, -0.2) is 0 Å². The van der Waals surface area contributed by atoms with Gasteiger partial charge in [0.1, 0.15) is 11.5 Å². The van der Waals surface area contributed by atoms with Crippen molar-refractivity contribution < 1.29 is 14.3 Å². The zero-order chi connectivity index (χ0) is 20.0. The van der Waals surface area contributed by atoms with E-state index in [2.05, 4.69) is 26.1 Å². The standard InChI is InChI=1S/C23H31NO3/c1-7-21(27-19-13-11-17(12-14-19)23(4,5)6)22(25)24-18-9-8-10-20(15-18)26-16(2)3/h8-16,21H,7H2,1-6H3,(H,24,25). The second kappa shape index (κ2) is 8.94. The van der Waals surface area contributed by atoms with Crippen molar-refractivity contribution in [2.45, 2.75) is 65.6 Å². The third kappa shape index (κ3) is 6.31. The minimum atomic E-state index is -0.555. The molecule has 0 aromatic heterocycles. The quantitative estimate of drug-likeness (QED) is 0.694. The highest BCUT2D eigenvalue weighted by Crippen LogP contribution is 2.25. The first-order valence-electron chi connectivity index (χ1n) is 9.54. The minimum Gasteiger partial charge on any atom is -0.491 e. The maximum absolute atomic E-state index is 12.6. The van der Waals surface area contributed by atoms with Crippen molar-refractivity contribution in [2.75, 3.05) is 5.32 Å². The minimum absolute atomic E-state index is 0.0822. The zero-order valence-corrected chi connectivity index (χ0v) is 17.2. The van der Waals surface area contributed by atoms with Crippen LogP contribution in [0.3, 0.4) is 0 Å². The van der Waals surface area contributed by atoms with Crippen molar-refractivity contribution in [3.63, 3.8) is 0 Å². The van der Waals surface area contributed by atoms with Gasteiger partial charge in [-0.3, -0.25) is 4.79 Å². The summed E-state index contributed by atoms with van der Waals surface area (Å²) in [5.41, 5.74) is 2.01. The third-order valence-electron chi connectivity index (χ3n) is 4.14. The molecular formula is C23H31NO3. The number of hydrogen-bond acceptors (Lipinski definition) is 3. The molecule has 0 spiro atoms. The molecule has 1 unspecified atom stereocenters. The lowest BCUT2D eigenvalue weighted by Crippen LogP contribution is -2.32. The van der Waals surface area contributed by atoms with E-state index in [-0.39, 0.29) is 17.4 Å². The molecule has 1 amide bonds. The smallest absolute Gasteiger partial charge is 0.265 e. The van der Waals surface area contributed by atoms with Gasteiger partial charge in [-0.15, -0.1) is 0 Å². The largest absolute Gasteiger partial charge is 0.491 e. The first-order valence-corrected chi connectivity index (χ1v) is 9.54. The van der Waals surface area contributed by atoms with Gasteiger partial charge >= 0.3 is 0 Å². The molecule has 0 fully saturated rings. The Bertz CT molecular complexity index is 745. The highest BCUT2D eigenvalue weighted by molar-refractivity contribution is 5.94. The van der Waals surface area contributed by atoms with E-state index in [0.717, 1.165) is 5.75 Å². The molecule has 0 saturated carbocycles. The van der Waals surface area contributed by atoms with E-state index in [0.29, 0.717) is 17.9 Å². The highest BCUT2D eigenvalue weighted by Gasteiger charge is 2.19. The Morgan fingerprint density at radius 3 is 2.22 bits per heavy atom. The van der Waals surface area contributed by atoms with Crippen LogP contribution in [-0.2, 0) is 10.2 Å². The van der Waals surface area contributed by atoms with Crippen molar-refractivity contribution in [3.8, 4) is 11.5 Å². The lowest BCUT2D eigenvalue weighted by Gasteiger charge is -2.21. The first kappa shape index (κ1) is 20.8. The number of amides is 1. The van der Waals surface area contributed by atoms with Crippen LogP contribution >= 0.6 is 0 Å². The van der Waals surface area contributed by atoms with Gasteiger partial charge in [-0.2, -0.15) is 0 Å². The predicted octanol–water partition coefficient (Wildman–Crippen LogP) is 5.57. The van der Waals surface area contributed by atoms with Crippen LogP contribution < -0.4 is 14.8 Å². The maximum atomic E-state index is 12.6. The highest BCUT2D eigenvalue weighted by atomic mass is 16.5. The molecule has 1 atom stereocenters. The van der Waals surface area contributed by atoms with Crippen molar-refractivity contribution >= 4 is 11.6 Å². The molecule has 146 valence electrons. The van der Waals surface area contributed by atoms with Crippen molar-refractivity contribution in [2.24, 2.45) is 0 Å². The predicted molar refractivity (Wildman–Crippen MR) is 111 cm³/mol. The summed E-state index contributed by atoms with van der Waals surface area (Å²) >= 11 is 0. The summed E-state index contributed by atoms with van der Waals surface area (Å²) in [6, 6.07) is 15.3. The molecule has 0 aliphatic carbocycles. The SMILES string of the molecule is CCC(Oc1ccc(C(C)(C)C)cc1)C(=O)Nc1cccc(OC(C)C)c1. The number of ether oxygens (including phenoxy) is 2. The Morgan fingerprint density at radius 2 is 1.67 bits per heavy atom. The van der Waals surface area contributed by atoms with Crippen LogP contribution in [0.15, 0.2) is 48.5 Å². The zero-order valence-electron chi connectivity index (χ0n) is 17.2. The molecule has 2 rings (SSSR count). The van der Waals surface area contributed by atoms with Crippen LogP contribution in [0.5, 0.6) is 11.5 Å². The molecule has 2 aromatic carbocycles. The van der Waals surface area contributed by atoms with Crippen LogP contribution in [0.1, 0.15) is 53.5 Å². The molecule has 4 heteroatoms. The molecule has 0 saturated heterocycles. The van der Waals surface area contributed by atoms with Gasteiger partial charge in [0.05, 0.1) is 6.10 Å². The number of anilines is 1. The van der Waals surface area contributed by atoms with Gasteiger partial charge in [-0.1, -0.05) is 45.9 Å². The number of carbonyl (C=O) groups excluding carboxylic acids is 1. The molecule has 27 heavy (non-hydrogen) atoms. The molecule has 0 aliphatic heterocycles. The van der Waals surface area contributed by atoms with E-state index < -0.39 is 6.10 Å². The molecule has 4 nitrogen and oxygen atoms in total. The molecule has 0 heterocycles. The van der Waals surface area contributed by atoms with Gasteiger partial charge < -0.3 is 14.8 Å². The van der Waals surface area contributed by atoms with E-state index in [1.165, 1.54) is 5.56 Å². The van der Waals surface area contributed by atoms with E-state index >= 15 is 0 Å². The molecule has 2 aromatic rings. The average molecular weight is 370 g/mol. The van der Waals surface area contributed by atoms with Crippen molar-refractivity contribution in [1.29, 1.82) is 0 Å². The number of rotatable bonds is 7. The fourth-order valence-corrected chi connectivity index (χ4v) is 2.66. The normalized spacial score (nSPS) is 12.6. The summed E-state index contributed by atoms with van der Waals surface area (Å²) in [6.45, 7) is 12.4. The van der Waals surface area contributed by atoms with Gasteiger partial charge in [0.15, 0.2) is 6.10 Å². The summed E-state index contributed by atoms with van der Waals surface area (Å²) in [6.07, 6.45) is 0.105. The number of carbonyl (C=O) groups is 1. The van der Waals surface area contributed by atoms with Gasteiger partial charge in [-0.05, 0) is 55.5 Å². The van der Waals surface area contributed by atoms with Gasteiger partial charge in [0.25, 0.3) is 5.91 Å². The van der Waals surface area contributed by atoms with Crippen LogP contribution in [0.4, 0.5) is 5.69 Å². The Labute approximate surface area is 162 Å². The fourth-order valence-electron chi connectivity index (χ4n) is 2.66. The Morgan fingerprint density at radius 1 is 1.00 bits per heavy atom. The second-order valence-electron chi connectivity index (χ2n) is 7.97. The molecular weight excluding hydrogens is 338 g/mol. The molecule has 1 N–H and O–H groups in total. The third-order valence-corrected chi connectivity index (χ3v) is 4.14. The van der Waals surface area contributed by atoms with Crippen LogP contribution in [0.2, 0.25) is 0 Å². The monoisotopic (exact) mass is 369 g/mol. The fraction of sp³-hybridized carbons (Fsp3) is 0.435. The number of hydrogen-bond donors (Lipinski definition) is 1. The average Bonchev–Trinajstić information content (AvgIpc) is 2.59. The van der Waals surface area contributed by atoms with Crippen LogP contribution in [-0.4, -0.2) is 18.1 Å². The number of benzene rings is 2. The number of nitrogens with one attached hydrogen (secondary N) is 1. The summed E-state index contributed by atoms with van der Waals surface area (Å²) in [5.74, 6) is 1.26. The van der Waals surface area contributed by atoms with Crippen LogP contribution in [0, 0.1) is 0 Å². The maximum Gasteiger partial charge on any atom is 0.265 e. The van der Waals surface area contributed by atoms with E-state index in [1.54, 1.807) is 0 Å². The molecule has 0 aliphatic rings. The van der Waals surface area contributed by atoms with E-state index in [4.69, 9.17) is 9.47 Å². The van der Waals surface area contributed by atoms with E-state index in [1.807, 2.05) is 69.3 Å². The van der Waals surface area contributed by atoms with Crippen LogP contribution in [0.25, 0.3) is 0 Å². The summed E-state index contributed by atoms with van der Waals surface area (Å²) in [7, 11) is 0. The summed E-state index contributed by atoms with van der Waals surface area (Å²) in [4.78, 5) is 12.6. The van der Waals surface area contributed by atoms with Gasteiger partial charge in [0.2, 0.25) is 0 Å². The van der Waals surface area contributed by atoms with Crippen molar-refractivity contribution in [3.05, 3.63) is 54.1 Å². The van der Waals surface area contributed by atoms with Gasteiger partial charge in [0, 0.05) is 11.8 Å². The summed E-state index contributed by atoms with van der Waals surface area (Å²) < 4.78 is 11.6. The molecule has 0 bridgehead atoms. The van der Waals surface area contributed by atoms with Crippen molar-refractivity contribution in [1.82, 2.24) is 0 Å².